The summed E-state index contributed by atoms with van der Waals surface area (Å²) in [4.78, 5) is 30.5. The fourth-order valence-corrected chi connectivity index (χ4v) is 5.01. The van der Waals surface area contributed by atoms with Crippen molar-refractivity contribution in [1.29, 1.82) is 0 Å². The first kappa shape index (κ1) is 25.8. The molecule has 0 unspecified atom stereocenters. The van der Waals surface area contributed by atoms with Crippen LogP contribution in [0.4, 0.5) is 5.69 Å². The monoisotopic (exact) mass is 586 g/mol. The quantitative estimate of drug-likeness (QED) is 0.313. The predicted molar refractivity (Wildman–Crippen MR) is 145 cm³/mol. The maximum Gasteiger partial charge on any atom is 0.335 e. The fourth-order valence-electron chi connectivity index (χ4n) is 3.32. The van der Waals surface area contributed by atoms with Gasteiger partial charge in [-0.25, -0.2) is 9.79 Å². The van der Waals surface area contributed by atoms with Crippen molar-refractivity contribution in [2.45, 2.75) is 6.61 Å². The molecule has 1 saturated heterocycles. The minimum absolute atomic E-state index is 0.125. The summed E-state index contributed by atoms with van der Waals surface area (Å²) in [6, 6.07) is 17.2. The Bertz CT molecular complexity index is 1390. The number of amides is 1. The number of rotatable bonds is 7. The third kappa shape index (κ3) is 5.92. The van der Waals surface area contributed by atoms with Gasteiger partial charge in [-0.15, -0.1) is 0 Å². The Hall–Kier alpha value is -3.27. The van der Waals surface area contributed by atoms with Crippen molar-refractivity contribution in [1.82, 2.24) is 4.90 Å². The molecule has 3 aromatic rings. The highest BCUT2D eigenvalue weighted by atomic mass is 79.9. The van der Waals surface area contributed by atoms with Crippen LogP contribution in [0.3, 0.4) is 0 Å². The lowest BCUT2D eigenvalue weighted by molar-refractivity contribution is -0.121. The molecular formula is C26H20BrClN2O5S. The lowest BCUT2D eigenvalue weighted by atomic mass is 10.1. The number of hydrogen-bond donors (Lipinski definition) is 1. The zero-order valence-electron chi connectivity index (χ0n) is 19.2. The van der Waals surface area contributed by atoms with Gasteiger partial charge in [-0.3, -0.25) is 9.69 Å². The second kappa shape index (κ2) is 11.2. The number of likely N-dealkylation sites (N-methyl/N-ethyl adjacent to an activating group) is 1. The van der Waals surface area contributed by atoms with Gasteiger partial charge in [-0.05, 0) is 87.4 Å². The van der Waals surface area contributed by atoms with E-state index in [-0.39, 0.29) is 11.5 Å². The summed E-state index contributed by atoms with van der Waals surface area (Å²) in [6.07, 6.45) is 1.75. The average molecular weight is 588 g/mol. The second-order valence-corrected chi connectivity index (χ2v) is 9.97. The third-order valence-corrected chi connectivity index (χ3v) is 7.07. The Morgan fingerprint density at radius 2 is 1.94 bits per heavy atom. The number of aliphatic imine (C=N–C) groups is 1. The van der Waals surface area contributed by atoms with Gasteiger partial charge in [0.15, 0.2) is 16.7 Å². The molecule has 0 aromatic heterocycles. The van der Waals surface area contributed by atoms with Crippen LogP contribution in [0.2, 0.25) is 5.02 Å². The molecule has 1 aliphatic rings. The van der Waals surface area contributed by atoms with Gasteiger partial charge in [0.05, 0.1) is 27.7 Å². The SMILES string of the molecule is COc1cc(/C=C2\SC(=Nc3cccc(C(=O)O)c3)N(C)C2=O)cc(Br)c1OCc1ccc(Cl)cc1. The van der Waals surface area contributed by atoms with E-state index in [0.717, 1.165) is 11.1 Å². The van der Waals surface area contributed by atoms with Crippen LogP contribution >= 0.6 is 39.3 Å². The molecule has 0 atom stereocenters. The van der Waals surface area contributed by atoms with E-state index in [2.05, 4.69) is 20.9 Å². The largest absolute Gasteiger partial charge is 0.493 e. The van der Waals surface area contributed by atoms with Gasteiger partial charge >= 0.3 is 5.97 Å². The summed E-state index contributed by atoms with van der Waals surface area (Å²) >= 11 is 10.7. The van der Waals surface area contributed by atoms with E-state index in [4.69, 9.17) is 21.1 Å². The lowest BCUT2D eigenvalue weighted by Crippen LogP contribution is -2.23. The van der Waals surface area contributed by atoms with E-state index >= 15 is 0 Å². The standard InChI is InChI=1S/C26H20BrClN2O5S/c1-30-24(31)22(36-26(30)29-19-5-3-4-17(13-19)25(32)33)12-16-10-20(27)23(21(11-16)34-2)35-14-15-6-8-18(28)9-7-15/h3-13H,14H2,1-2H3,(H,32,33)/b22-12-,29-26?. The number of carbonyl (C=O) groups is 2. The molecule has 1 heterocycles. The number of aromatic carboxylic acids is 1. The Kier molecular flexibility index (Phi) is 8.03. The summed E-state index contributed by atoms with van der Waals surface area (Å²) in [7, 11) is 3.17. The van der Waals surface area contributed by atoms with E-state index in [1.807, 2.05) is 18.2 Å². The van der Waals surface area contributed by atoms with Crippen molar-refractivity contribution in [3.05, 3.63) is 91.8 Å². The molecule has 1 amide bonds. The molecule has 1 aliphatic heterocycles. The van der Waals surface area contributed by atoms with E-state index in [1.165, 1.54) is 28.8 Å². The molecule has 0 radical (unpaired) electrons. The molecule has 1 fully saturated rings. The minimum Gasteiger partial charge on any atom is -0.493 e. The Balaban J connectivity index is 1.57. The van der Waals surface area contributed by atoms with Crippen molar-refractivity contribution in [3.63, 3.8) is 0 Å². The summed E-state index contributed by atoms with van der Waals surface area (Å²) in [5, 5.41) is 10.3. The number of hydrogen-bond acceptors (Lipinski definition) is 6. The van der Waals surface area contributed by atoms with Crippen LogP contribution in [0.1, 0.15) is 21.5 Å². The highest BCUT2D eigenvalue weighted by molar-refractivity contribution is 9.10. The first-order valence-corrected chi connectivity index (χ1v) is 12.6. The van der Waals surface area contributed by atoms with Gasteiger partial charge < -0.3 is 14.6 Å². The van der Waals surface area contributed by atoms with Crippen LogP contribution in [-0.4, -0.2) is 41.2 Å². The van der Waals surface area contributed by atoms with Crippen molar-refractivity contribution >= 4 is 68.1 Å². The Morgan fingerprint density at radius 3 is 2.64 bits per heavy atom. The number of carboxylic acid groups (broad SMARTS) is 1. The van der Waals surface area contributed by atoms with Gasteiger partial charge in [0, 0.05) is 12.1 Å². The summed E-state index contributed by atoms with van der Waals surface area (Å²) in [5.41, 5.74) is 2.26. The maximum absolute atomic E-state index is 12.9. The van der Waals surface area contributed by atoms with Crippen LogP contribution < -0.4 is 9.47 Å². The van der Waals surface area contributed by atoms with Gasteiger partial charge in [0.2, 0.25) is 0 Å². The molecule has 10 heteroatoms. The molecule has 7 nitrogen and oxygen atoms in total. The maximum atomic E-state index is 12.9. The van der Waals surface area contributed by atoms with Crippen LogP contribution in [-0.2, 0) is 11.4 Å². The van der Waals surface area contributed by atoms with Crippen molar-refractivity contribution < 1.29 is 24.2 Å². The molecule has 1 N–H and O–H groups in total. The van der Waals surface area contributed by atoms with Crippen molar-refractivity contribution in [2.24, 2.45) is 4.99 Å². The molecular weight excluding hydrogens is 568 g/mol. The summed E-state index contributed by atoms with van der Waals surface area (Å²) in [6.45, 7) is 0.328. The third-order valence-electron chi connectivity index (χ3n) is 5.17. The Labute approximate surface area is 225 Å². The van der Waals surface area contributed by atoms with E-state index in [9.17, 15) is 14.7 Å². The minimum atomic E-state index is -1.04. The van der Waals surface area contributed by atoms with Crippen molar-refractivity contribution in [3.8, 4) is 11.5 Å². The number of amidine groups is 1. The van der Waals surface area contributed by atoms with Gasteiger partial charge in [-0.1, -0.05) is 29.8 Å². The number of carboxylic acids is 1. The molecule has 36 heavy (non-hydrogen) atoms. The van der Waals surface area contributed by atoms with Gasteiger partial charge in [0.1, 0.15) is 6.61 Å². The summed E-state index contributed by atoms with van der Waals surface area (Å²) in [5.74, 6) is -0.210. The molecule has 0 aliphatic carbocycles. The number of benzene rings is 3. The number of halogens is 2. The molecule has 3 aromatic carbocycles. The number of methoxy groups -OCH3 is 1. The lowest BCUT2D eigenvalue weighted by Gasteiger charge is -2.14. The van der Waals surface area contributed by atoms with Crippen LogP contribution in [0.15, 0.2) is 75.0 Å². The number of carbonyl (C=O) groups excluding carboxylic acids is 1. The summed E-state index contributed by atoms with van der Waals surface area (Å²) < 4.78 is 12.2. The van der Waals surface area contributed by atoms with Crippen molar-refractivity contribution in [2.75, 3.05) is 14.2 Å². The van der Waals surface area contributed by atoms with E-state index in [0.29, 0.717) is 43.4 Å². The molecule has 0 saturated carbocycles. The number of thioether (sulfide) groups is 1. The molecule has 0 spiro atoms. The zero-order chi connectivity index (χ0) is 25.8. The molecule has 0 bridgehead atoms. The van der Waals surface area contributed by atoms with Gasteiger partial charge in [0.25, 0.3) is 5.91 Å². The van der Waals surface area contributed by atoms with Crippen LogP contribution in [0.5, 0.6) is 11.5 Å². The van der Waals surface area contributed by atoms with E-state index < -0.39 is 5.97 Å². The first-order chi connectivity index (χ1) is 17.2. The molecule has 4 rings (SSSR count). The van der Waals surface area contributed by atoms with Crippen LogP contribution in [0.25, 0.3) is 6.08 Å². The number of nitrogens with zero attached hydrogens (tertiary/aromatic N) is 2. The van der Waals surface area contributed by atoms with Gasteiger partial charge in [-0.2, -0.15) is 0 Å². The topological polar surface area (TPSA) is 88.4 Å². The smallest absolute Gasteiger partial charge is 0.335 e. The second-order valence-electron chi connectivity index (χ2n) is 7.67. The highest BCUT2D eigenvalue weighted by Gasteiger charge is 2.30. The average Bonchev–Trinajstić information content (AvgIpc) is 3.11. The zero-order valence-corrected chi connectivity index (χ0v) is 22.4. The normalized spacial score (nSPS) is 15.6. The number of ether oxygens (including phenoxy) is 2. The first-order valence-electron chi connectivity index (χ1n) is 10.6. The van der Waals surface area contributed by atoms with E-state index in [1.54, 1.807) is 50.6 Å². The Morgan fingerprint density at radius 1 is 1.19 bits per heavy atom. The predicted octanol–water partition coefficient (Wildman–Crippen LogP) is 6.62. The molecule has 184 valence electrons. The van der Waals surface area contributed by atoms with Crippen LogP contribution in [0, 0.1) is 0 Å². The fraction of sp³-hybridized carbons (Fsp3) is 0.115. The highest BCUT2D eigenvalue weighted by Crippen LogP contribution is 2.39.